The van der Waals surface area contributed by atoms with Gasteiger partial charge >= 0.3 is 0 Å². The van der Waals surface area contributed by atoms with Gasteiger partial charge in [0, 0.05) is 32.7 Å². The molecule has 0 unspecified atom stereocenters. The Balaban J connectivity index is 1.66. The molecule has 2 fully saturated rings. The first-order valence-electron chi connectivity index (χ1n) is 6.52. The third-order valence-electron chi connectivity index (χ3n) is 3.58. The average molecular weight is 240 g/mol. The molecule has 0 atom stereocenters. The Morgan fingerprint density at radius 2 is 1.94 bits per heavy atom. The number of rotatable bonds is 4. The molecule has 2 aliphatic rings. The minimum Gasteiger partial charge on any atom is -0.314 e. The first-order valence-corrected chi connectivity index (χ1v) is 7.67. The van der Waals surface area contributed by atoms with Gasteiger partial charge in [0.15, 0.2) is 0 Å². The number of hydrogen-bond donors (Lipinski definition) is 1. The van der Waals surface area contributed by atoms with Crippen LogP contribution in [0.1, 0.15) is 19.3 Å². The molecule has 1 N–H and O–H groups in total. The molecule has 0 bridgehead atoms. The minimum atomic E-state index is 0.927. The second-order valence-electron chi connectivity index (χ2n) is 5.04. The van der Waals surface area contributed by atoms with Gasteiger partial charge in [-0.15, -0.1) is 0 Å². The van der Waals surface area contributed by atoms with Crippen molar-refractivity contribution in [1.29, 1.82) is 0 Å². The molecule has 2 heterocycles. The summed E-state index contributed by atoms with van der Waals surface area (Å²) in [6.07, 6.45) is 4.08. The molecule has 0 amide bonds. The summed E-state index contributed by atoms with van der Waals surface area (Å²) in [4.78, 5) is 2.54. The van der Waals surface area contributed by atoms with Crippen LogP contribution in [-0.4, -0.2) is 49.1 Å². The maximum atomic E-state index is 4.27. The molecule has 16 heavy (non-hydrogen) atoms. The zero-order chi connectivity index (χ0) is 11.2. The standard InChI is InChI=1S/C13H24N2S/c1-12(10-13-2-8-16-9-3-13)11-15-6-4-14-5-7-15/h13-14H,1-11H2. The fourth-order valence-electron chi connectivity index (χ4n) is 2.61. The summed E-state index contributed by atoms with van der Waals surface area (Å²) in [6, 6.07) is 0. The third-order valence-corrected chi connectivity index (χ3v) is 4.62. The number of thioether (sulfide) groups is 1. The van der Waals surface area contributed by atoms with E-state index in [1.165, 1.54) is 49.4 Å². The van der Waals surface area contributed by atoms with E-state index in [0.29, 0.717) is 0 Å². The molecule has 0 aromatic rings. The van der Waals surface area contributed by atoms with Crippen LogP contribution in [0.25, 0.3) is 0 Å². The molecule has 2 rings (SSSR count). The fraction of sp³-hybridized carbons (Fsp3) is 0.846. The Hall–Kier alpha value is 0.01000. The maximum absolute atomic E-state index is 4.27. The van der Waals surface area contributed by atoms with Crippen molar-refractivity contribution in [3.63, 3.8) is 0 Å². The summed E-state index contributed by atoms with van der Waals surface area (Å²) in [5.41, 5.74) is 1.46. The van der Waals surface area contributed by atoms with Crippen LogP contribution in [0.2, 0.25) is 0 Å². The predicted molar refractivity (Wildman–Crippen MR) is 73.1 cm³/mol. The van der Waals surface area contributed by atoms with Gasteiger partial charge in [-0.1, -0.05) is 12.2 Å². The molecule has 0 aromatic heterocycles. The van der Waals surface area contributed by atoms with Crippen molar-refractivity contribution in [1.82, 2.24) is 10.2 Å². The van der Waals surface area contributed by atoms with E-state index in [0.717, 1.165) is 25.6 Å². The molecular weight excluding hydrogens is 216 g/mol. The molecule has 2 saturated heterocycles. The van der Waals surface area contributed by atoms with E-state index >= 15 is 0 Å². The monoisotopic (exact) mass is 240 g/mol. The summed E-state index contributed by atoms with van der Waals surface area (Å²) >= 11 is 2.11. The van der Waals surface area contributed by atoms with E-state index in [2.05, 4.69) is 28.6 Å². The zero-order valence-electron chi connectivity index (χ0n) is 10.2. The van der Waals surface area contributed by atoms with Crippen LogP contribution in [0.3, 0.4) is 0 Å². The van der Waals surface area contributed by atoms with Crippen LogP contribution in [0.4, 0.5) is 0 Å². The first kappa shape index (κ1) is 12.5. The van der Waals surface area contributed by atoms with E-state index in [9.17, 15) is 0 Å². The molecule has 3 heteroatoms. The summed E-state index contributed by atoms with van der Waals surface area (Å²) in [5, 5.41) is 3.40. The van der Waals surface area contributed by atoms with Crippen LogP contribution in [0, 0.1) is 5.92 Å². The zero-order valence-corrected chi connectivity index (χ0v) is 11.0. The van der Waals surface area contributed by atoms with E-state index in [-0.39, 0.29) is 0 Å². The molecular formula is C13H24N2S. The number of nitrogens with one attached hydrogen (secondary N) is 1. The lowest BCUT2D eigenvalue weighted by molar-refractivity contribution is 0.255. The van der Waals surface area contributed by atoms with Gasteiger partial charge in [0.05, 0.1) is 0 Å². The molecule has 0 spiro atoms. The Morgan fingerprint density at radius 1 is 1.25 bits per heavy atom. The van der Waals surface area contributed by atoms with Gasteiger partial charge in [0.25, 0.3) is 0 Å². The molecule has 0 aliphatic carbocycles. The van der Waals surface area contributed by atoms with Crippen LogP contribution in [0.5, 0.6) is 0 Å². The lowest BCUT2D eigenvalue weighted by Crippen LogP contribution is -2.44. The Kier molecular flexibility index (Phi) is 5.20. The second kappa shape index (κ2) is 6.67. The number of nitrogens with zero attached hydrogens (tertiary/aromatic N) is 1. The summed E-state index contributed by atoms with van der Waals surface area (Å²) in [5.74, 6) is 3.66. The molecule has 92 valence electrons. The van der Waals surface area contributed by atoms with E-state index in [4.69, 9.17) is 0 Å². The van der Waals surface area contributed by atoms with Crippen molar-refractivity contribution < 1.29 is 0 Å². The van der Waals surface area contributed by atoms with Crippen molar-refractivity contribution in [3.05, 3.63) is 12.2 Å². The SMILES string of the molecule is C=C(CC1CCSCC1)CN1CCNCC1. The van der Waals surface area contributed by atoms with Crippen LogP contribution in [-0.2, 0) is 0 Å². The summed E-state index contributed by atoms with van der Waals surface area (Å²) in [7, 11) is 0. The van der Waals surface area contributed by atoms with Crippen molar-refractivity contribution >= 4 is 11.8 Å². The smallest absolute Gasteiger partial charge is 0.0191 e. The number of piperazine rings is 1. The van der Waals surface area contributed by atoms with Gasteiger partial charge in [0.1, 0.15) is 0 Å². The van der Waals surface area contributed by atoms with Crippen molar-refractivity contribution in [2.75, 3.05) is 44.2 Å². The van der Waals surface area contributed by atoms with E-state index in [1.807, 2.05) is 0 Å². The highest BCUT2D eigenvalue weighted by molar-refractivity contribution is 7.99. The van der Waals surface area contributed by atoms with Gasteiger partial charge in [-0.2, -0.15) is 11.8 Å². The van der Waals surface area contributed by atoms with Gasteiger partial charge in [-0.25, -0.2) is 0 Å². The van der Waals surface area contributed by atoms with Gasteiger partial charge in [-0.05, 0) is 36.7 Å². The van der Waals surface area contributed by atoms with Crippen molar-refractivity contribution in [2.45, 2.75) is 19.3 Å². The Labute approximate surface area is 104 Å². The average Bonchev–Trinajstić information content (AvgIpc) is 2.31. The van der Waals surface area contributed by atoms with Crippen LogP contribution in [0.15, 0.2) is 12.2 Å². The quantitative estimate of drug-likeness (QED) is 0.757. The summed E-state index contributed by atoms with van der Waals surface area (Å²) in [6.45, 7) is 10.1. The Morgan fingerprint density at radius 3 is 2.62 bits per heavy atom. The van der Waals surface area contributed by atoms with E-state index < -0.39 is 0 Å². The molecule has 0 saturated carbocycles. The Bertz CT molecular complexity index is 196. The van der Waals surface area contributed by atoms with Gasteiger partial charge < -0.3 is 5.32 Å². The highest BCUT2D eigenvalue weighted by Crippen LogP contribution is 2.27. The van der Waals surface area contributed by atoms with Gasteiger partial charge in [-0.3, -0.25) is 4.90 Å². The maximum Gasteiger partial charge on any atom is 0.0191 e. The fourth-order valence-corrected chi connectivity index (χ4v) is 3.81. The molecule has 2 nitrogen and oxygen atoms in total. The summed E-state index contributed by atoms with van der Waals surface area (Å²) < 4.78 is 0. The van der Waals surface area contributed by atoms with E-state index in [1.54, 1.807) is 0 Å². The largest absolute Gasteiger partial charge is 0.314 e. The third kappa shape index (κ3) is 4.11. The highest BCUT2D eigenvalue weighted by atomic mass is 32.2. The molecule has 2 aliphatic heterocycles. The van der Waals surface area contributed by atoms with Crippen LogP contribution >= 0.6 is 11.8 Å². The van der Waals surface area contributed by atoms with Crippen LogP contribution < -0.4 is 5.32 Å². The van der Waals surface area contributed by atoms with Crippen molar-refractivity contribution in [2.24, 2.45) is 5.92 Å². The van der Waals surface area contributed by atoms with Crippen molar-refractivity contribution in [3.8, 4) is 0 Å². The van der Waals surface area contributed by atoms with Gasteiger partial charge in [0.2, 0.25) is 0 Å². The highest BCUT2D eigenvalue weighted by Gasteiger charge is 2.16. The topological polar surface area (TPSA) is 15.3 Å². The minimum absolute atomic E-state index is 0.927. The predicted octanol–water partition coefficient (Wildman–Crippen LogP) is 1.98. The lowest BCUT2D eigenvalue weighted by atomic mass is 9.94. The number of hydrogen-bond acceptors (Lipinski definition) is 3. The lowest BCUT2D eigenvalue weighted by Gasteiger charge is -2.29. The first-order chi connectivity index (χ1) is 7.84. The second-order valence-corrected chi connectivity index (χ2v) is 6.26. The normalized spacial score (nSPS) is 24.5. The molecule has 0 radical (unpaired) electrons. The molecule has 0 aromatic carbocycles.